The molecule has 5 heterocycles. The average molecular weight is 2100 g/mol. The standard InChI is InChI=1S/C22H20F5NO5.C22H22F5NO4.C20H21F2NO4.C20H23F2NO3.C20H23F2NO2.CO2.CH4.6H2/c23-15-6-7-17(18(24)8-15)21(28-20(30)22(25,26)27)12-32-16(9-19(21)33-13-29)11-31-10-14-4-2-1-3-5-14;23-16-6-7-18(19(24)9-16)21(28-20(30)22(25,26)27)13-32-17(8-15(21)10-29)12-31-11-14-4-2-1-3-5-14;21-15-6-7-17(18(22)8-15)20(23)12-26-16(9-19(20)27-13-24)11-25-10-14-4-2-1-3-5-14;21-16-6-7-18(19(22)9-16)20(23)13-26-17(8-15(20)10-24)12-25-11-14-4-2-1-3-5-14;1-14-9-17(12-24-11-15-5-3-2-4-6-15)25-13-20(14,23)18-8-7-16(21)10-19(18)22;2-1-3;;;;;;;/h1-8,13,16,19H,9-12H2,(H,28,30);1-7,9,15,17,29H,8,10-13H2,(H,28,30);1-8,13,16,19H,9-12,23H2;1-7,9,15,17,24H,8,10-13,23H2;2-8,10,14,17H,9,11-13,23H2,1H3;;1H4;6*1H/t16-,19-,21-;15-,17+,21-;16-,19-,20-;15-,17+,20-;14-,17-,20+;;;;;;;;/m10101......../s1/i;;;;;;;4*1+1D;2*1+1. The van der Waals surface area contributed by atoms with Crippen molar-refractivity contribution in [1.29, 1.82) is 0 Å². The van der Waals surface area contributed by atoms with E-state index in [1.165, 1.54) is 24.3 Å². The number of aliphatic hydroxyl groups excluding tert-OH is 2. The summed E-state index contributed by atoms with van der Waals surface area (Å²) in [5.41, 5.74) is 15.8. The highest BCUT2D eigenvalue weighted by atomic mass is 19.4. The van der Waals surface area contributed by atoms with Crippen molar-refractivity contribution in [2.45, 2.75) is 162 Å². The normalized spacial score (nSPS) is 24.3. The molecule has 0 radical (unpaired) electrons. The van der Waals surface area contributed by atoms with E-state index in [0.717, 1.165) is 82.4 Å². The third kappa shape index (κ3) is 33.1. The van der Waals surface area contributed by atoms with Crippen LogP contribution in [-0.4, -0.2) is 175 Å². The van der Waals surface area contributed by atoms with Crippen LogP contribution in [0.5, 0.6) is 0 Å². The van der Waals surface area contributed by atoms with Crippen LogP contribution in [0.2, 0.25) is 0 Å². The van der Waals surface area contributed by atoms with Gasteiger partial charge in [0.1, 0.15) is 81.5 Å². The Morgan fingerprint density at radius 1 is 0.374 bits per heavy atom. The lowest BCUT2D eigenvalue weighted by molar-refractivity contribution is -0.192. The van der Waals surface area contributed by atoms with Crippen molar-refractivity contribution in [3.63, 3.8) is 0 Å². The van der Waals surface area contributed by atoms with Gasteiger partial charge in [0.25, 0.3) is 12.9 Å². The van der Waals surface area contributed by atoms with Gasteiger partial charge in [0.15, 0.2) is 0 Å². The highest BCUT2D eigenvalue weighted by Gasteiger charge is 2.56. The Bertz CT molecular complexity index is 5870. The molecule has 0 aliphatic carbocycles. The number of rotatable bonds is 33. The number of hydrogen-bond acceptors (Lipinski definition) is 23. The van der Waals surface area contributed by atoms with Gasteiger partial charge in [-0.1, -0.05) is 196 Å². The zero-order chi connectivity index (χ0) is 114. The van der Waals surface area contributed by atoms with Crippen molar-refractivity contribution in [3.8, 4) is 0 Å². The molecule has 806 valence electrons. The summed E-state index contributed by atoms with van der Waals surface area (Å²) in [5.74, 6) is -14.7. The molecule has 0 spiro atoms. The van der Waals surface area contributed by atoms with Crippen LogP contribution < -0.4 is 27.8 Å². The molecule has 0 saturated carbocycles. The molecule has 0 bridgehead atoms. The molecule has 147 heavy (non-hydrogen) atoms. The second kappa shape index (κ2) is 56.2. The maximum Gasteiger partial charge on any atom is 0.471 e. The van der Waals surface area contributed by atoms with Crippen LogP contribution in [-0.2, 0) is 146 Å². The number of ether oxygens (including phenoxy) is 12. The number of aliphatic hydroxyl groups is 2. The molecule has 0 aromatic heterocycles. The first kappa shape index (κ1) is 112. The highest BCUT2D eigenvalue weighted by Crippen LogP contribution is 2.45. The number of nitrogens with one attached hydrogen (secondary N) is 2. The zero-order valence-corrected chi connectivity index (χ0v) is 78.6. The van der Waals surface area contributed by atoms with Crippen LogP contribution >= 0.6 is 0 Å². The van der Waals surface area contributed by atoms with E-state index >= 15 is 0 Å². The van der Waals surface area contributed by atoms with Gasteiger partial charge in [-0.15, -0.1) is 0 Å². The van der Waals surface area contributed by atoms with E-state index in [9.17, 15) is 99.6 Å². The van der Waals surface area contributed by atoms with E-state index in [1.807, 2.05) is 159 Å². The number of halogens is 16. The smallest absolute Gasteiger partial charge is 0.462 e. The van der Waals surface area contributed by atoms with Gasteiger partial charge in [0.2, 0.25) is 0 Å². The van der Waals surface area contributed by atoms with Crippen LogP contribution in [0.25, 0.3) is 0 Å². The highest BCUT2D eigenvalue weighted by molar-refractivity contribution is 5.83. The first-order valence-electron chi connectivity index (χ1n) is 49.8. The maximum absolute atomic E-state index is 14.6. The average Bonchev–Trinajstić information content (AvgIpc) is 0.726. The zero-order valence-electron chi connectivity index (χ0n) is 86.6. The largest absolute Gasteiger partial charge is 0.471 e. The maximum atomic E-state index is 14.6. The van der Waals surface area contributed by atoms with E-state index in [4.69, 9.17) is 95.5 Å². The van der Waals surface area contributed by atoms with Gasteiger partial charge >= 0.3 is 30.3 Å². The summed E-state index contributed by atoms with van der Waals surface area (Å²) >= 11 is 0. The summed E-state index contributed by atoms with van der Waals surface area (Å²) in [7, 11) is 0. The number of hydrogen-bond donors (Lipinski definition) is 7. The lowest BCUT2D eigenvalue weighted by Crippen LogP contribution is -2.64. The van der Waals surface area contributed by atoms with Crippen molar-refractivity contribution in [2.24, 2.45) is 35.0 Å². The van der Waals surface area contributed by atoms with Crippen molar-refractivity contribution in [1.82, 2.24) is 10.6 Å². The van der Waals surface area contributed by atoms with Crippen LogP contribution in [0.1, 0.15) is 117 Å². The molecular weight excluding hydrogens is 1970 g/mol. The Kier molecular flexibility index (Phi) is 42.8. The monoisotopic (exact) mass is 2100 g/mol. The van der Waals surface area contributed by atoms with Gasteiger partial charge in [-0.2, -0.15) is 35.9 Å². The second-order valence-electron chi connectivity index (χ2n) is 35.1. The molecule has 5 aliphatic rings. The number of amides is 2. The fourth-order valence-electron chi connectivity index (χ4n) is 17.3. The minimum absolute atomic E-state index is 0. The van der Waals surface area contributed by atoms with Gasteiger partial charge in [-0.3, -0.25) is 19.2 Å². The molecule has 25 nitrogen and oxygen atoms in total. The molecule has 15 rings (SSSR count). The molecule has 15 atom stereocenters. The molecule has 5 fully saturated rings. The number of alkyl halides is 6. The molecule has 5 saturated heterocycles. The topological polar surface area (TPSA) is 356 Å². The first-order valence-corrected chi connectivity index (χ1v) is 45.8. The van der Waals surface area contributed by atoms with Crippen molar-refractivity contribution in [2.75, 3.05) is 79.3 Å². The second-order valence-corrected chi connectivity index (χ2v) is 35.1. The van der Waals surface area contributed by atoms with Crippen LogP contribution in [0.15, 0.2) is 243 Å². The van der Waals surface area contributed by atoms with E-state index in [2.05, 4.69) is 0 Å². The third-order valence-corrected chi connectivity index (χ3v) is 25.1. The van der Waals surface area contributed by atoms with Crippen molar-refractivity contribution in [3.05, 3.63) is 356 Å². The van der Waals surface area contributed by atoms with E-state index in [1.54, 1.807) is 10.6 Å². The predicted octanol–water partition coefficient (Wildman–Crippen LogP) is 17.5. The van der Waals surface area contributed by atoms with Crippen LogP contribution in [0.4, 0.5) is 70.2 Å². The van der Waals surface area contributed by atoms with Gasteiger partial charge < -0.3 is 94.9 Å². The van der Waals surface area contributed by atoms with Gasteiger partial charge in [0.05, 0.1) is 146 Å². The number of nitrogens with two attached hydrogens (primary N) is 3. The lowest BCUT2D eigenvalue weighted by atomic mass is 9.74. The summed E-state index contributed by atoms with van der Waals surface area (Å²) in [6, 6.07) is 62.1. The molecule has 10 N–H and O–H groups in total. The number of carbonyl (C=O) groups is 4. The SMILES string of the molecule is C.C[C@@H]1C[C@H](COCc2ccccc2)OC[C@@]1(N)c1ccc(F)cc1F.N[C@@]1(c2ccc(F)cc2F)CO[C@@H](COCc2ccccc2)C[C@H]1CO.N[C@@]1(c2ccc(F)cc2F)CO[C@@H](COCc2ccccc2)C[C@H]1OC=O.O=C(N[C@@]1(c2ccc(F)cc2F)CO[C@@H](COCc2ccccc2)C[C@H]1CO)C(F)(F)F.O=C=O.O=CO[C@@H]1C[C@H](COCc2ccccc2)OC[C@@]1(NC(=O)C(F)(F)F)c1ccc(F)cc1F.[2HH].[2HH].[2H][2H].[2H][2H].[2H][2H].[2H][2H]. The summed E-state index contributed by atoms with van der Waals surface area (Å²) in [6.07, 6.45) is -13.6. The molecule has 0 unspecified atom stereocenters. The quantitative estimate of drug-likeness (QED) is 0.0148. The van der Waals surface area contributed by atoms with E-state index in [-0.39, 0.29) is 143 Å². The van der Waals surface area contributed by atoms with Crippen LogP contribution in [0, 0.1) is 75.9 Å². The molecule has 41 heteroatoms. The fourth-order valence-corrected chi connectivity index (χ4v) is 17.3. The first-order chi connectivity index (χ1) is 73.8. The Balaban J connectivity index is 0.000000491. The molecule has 10 aromatic rings. The predicted molar refractivity (Wildman–Crippen MR) is 510 cm³/mol. The summed E-state index contributed by atoms with van der Waals surface area (Å²) in [6.45, 7) is 3.24. The lowest BCUT2D eigenvalue weighted by Gasteiger charge is -2.46. The Morgan fingerprint density at radius 3 is 0.939 bits per heavy atom. The third-order valence-electron chi connectivity index (χ3n) is 25.1. The summed E-state index contributed by atoms with van der Waals surface area (Å²) < 4.78 is 323. The Hall–Kier alpha value is -12.3. The minimum Gasteiger partial charge on any atom is -0.462 e. The van der Waals surface area contributed by atoms with Gasteiger partial charge in [0, 0.05) is 111 Å². The molecule has 10 aromatic carbocycles. The number of carbonyl (C=O) groups excluding carboxylic acids is 6. The summed E-state index contributed by atoms with van der Waals surface area (Å²) in [5, 5.41) is 23.2. The Morgan fingerprint density at radius 2 is 0.626 bits per heavy atom. The van der Waals surface area contributed by atoms with Crippen LogP contribution in [0.3, 0.4) is 0 Å². The summed E-state index contributed by atoms with van der Waals surface area (Å²) in [4.78, 5) is 61.9. The fraction of sp³-hybridized carbons (Fsp3) is 0.387. The van der Waals surface area contributed by atoms with Gasteiger partial charge in [-0.05, 0) is 83.3 Å². The number of benzene rings is 10. The molecular formula is C106H125F16N5O20. The van der Waals surface area contributed by atoms with Gasteiger partial charge in [-0.25, -0.2) is 43.9 Å². The Labute approximate surface area is 852 Å². The van der Waals surface area contributed by atoms with E-state index in [0.29, 0.717) is 63.6 Å². The minimum atomic E-state index is -5.31. The van der Waals surface area contributed by atoms with Crippen molar-refractivity contribution >= 4 is 30.9 Å². The van der Waals surface area contributed by atoms with Crippen molar-refractivity contribution < 1.29 is 181 Å². The van der Waals surface area contributed by atoms with E-state index < -0.39 is 177 Å². The molecule has 2 amide bonds. The molecule has 5 aliphatic heterocycles.